The lowest BCUT2D eigenvalue weighted by molar-refractivity contribution is 0.0218. The van der Waals surface area contributed by atoms with Crippen LogP contribution in [0.4, 0.5) is 4.79 Å². The lowest BCUT2D eigenvalue weighted by Gasteiger charge is -2.31. The average Bonchev–Trinajstić information content (AvgIpc) is 2.88. The Morgan fingerprint density at radius 1 is 1.38 bits per heavy atom. The minimum atomic E-state index is -3.36. The number of ether oxygens (including phenoxy) is 1. The highest BCUT2D eigenvalue weighted by Crippen LogP contribution is 2.26. The molecule has 1 aliphatic heterocycles. The lowest BCUT2D eigenvalue weighted by atomic mass is 10.0. The number of benzene rings is 1. The van der Waals surface area contributed by atoms with Gasteiger partial charge in [0.05, 0.1) is 11.8 Å². The van der Waals surface area contributed by atoms with Crippen LogP contribution >= 0.6 is 15.9 Å². The summed E-state index contributed by atoms with van der Waals surface area (Å²) in [7, 11) is -3.36. The van der Waals surface area contributed by atoms with Crippen LogP contribution in [-0.4, -0.2) is 49.4 Å². The average molecular weight is 447 g/mol. The Morgan fingerprint density at radius 2 is 2.08 bits per heavy atom. The van der Waals surface area contributed by atoms with E-state index in [4.69, 9.17) is 4.74 Å². The molecule has 0 saturated carbocycles. The van der Waals surface area contributed by atoms with Crippen molar-refractivity contribution in [2.24, 2.45) is 0 Å². The summed E-state index contributed by atoms with van der Waals surface area (Å²) in [6, 6.07) is 7.20. The summed E-state index contributed by atoms with van der Waals surface area (Å²) in [5.74, 6) is 0.0134. The first-order chi connectivity index (χ1) is 12.0. The van der Waals surface area contributed by atoms with Gasteiger partial charge in [-0.25, -0.2) is 17.9 Å². The summed E-state index contributed by atoms with van der Waals surface area (Å²) >= 11 is 3.45. The van der Waals surface area contributed by atoms with Gasteiger partial charge in [0.15, 0.2) is 0 Å². The predicted octanol–water partition coefficient (Wildman–Crippen LogP) is 3.31. The molecular formula is C18H27BrN2O4S. The van der Waals surface area contributed by atoms with Crippen LogP contribution in [-0.2, 0) is 21.2 Å². The molecule has 8 heteroatoms. The Balaban J connectivity index is 2.25. The first kappa shape index (κ1) is 21.2. The number of nitrogens with one attached hydrogen (secondary N) is 1. The number of likely N-dealkylation sites (tertiary alicyclic amines) is 1. The molecule has 1 aliphatic rings. The number of halogens is 1. The molecule has 0 aliphatic carbocycles. The first-order valence-corrected chi connectivity index (χ1v) is 11.2. The van der Waals surface area contributed by atoms with Gasteiger partial charge in [-0.2, -0.15) is 0 Å². The van der Waals surface area contributed by atoms with E-state index in [1.54, 1.807) is 11.8 Å². The molecule has 0 radical (unpaired) electrons. The van der Waals surface area contributed by atoms with Crippen LogP contribution in [0.25, 0.3) is 0 Å². The molecule has 1 aromatic carbocycles. The SMILES string of the molecule is CCS(=O)(=O)N[C@H]1CCN(C(=O)OC(C)(C)C)[C@H]1Cc1cccc(Br)c1. The van der Waals surface area contributed by atoms with Crippen LogP contribution in [0.3, 0.4) is 0 Å². The summed E-state index contributed by atoms with van der Waals surface area (Å²) in [5.41, 5.74) is 0.429. The second-order valence-electron chi connectivity index (χ2n) is 7.49. The highest BCUT2D eigenvalue weighted by Gasteiger charge is 2.40. The van der Waals surface area contributed by atoms with E-state index < -0.39 is 21.7 Å². The van der Waals surface area contributed by atoms with Gasteiger partial charge in [0.2, 0.25) is 10.0 Å². The zero-order chi connectivity index (χ0) is 19.5. The molecule has 0 bridgehead atoms. The Morgan fingerprint density at radius 3 is 2.65 bits per heavy atom. The number of nitrogens with zero attached hydrogens (tertiary/aromatic N) is 1. The largest absolute Gasteiger partial charge is 0.444 e. The van der Waals surface area contributed by atoms with Gasteiger partial charge < -0.3 is 9.64 Å². The van der Waals surface area contributed by atoms with Crippen molar-refractivity contribution in [2.75, 3.05) is 12.3 Å². The molecule has 0 spiro atoms. The summed E-state index contributed by atoms with van der Waals surface area (Å²) in [6.45, 7) is 7.53. The van der Waals surface area contributed by atoms with Crippen molar-refractivity contribution in [3.63, 3.8) is 0 Å². The van der Waals surface area contributed by atoms with E-state index in [1.807, 2.05) is 45.0 Å². The van der Waals surface area contributed by atoms with E-state index in [1.165, 1.54) is 0 Å². The number of rotatable bonds is 5. The van der Waals surface area contributed by atoms with E-state index >= 15 is 0 Å². The van der Waals surface area contributed by atoms with Crippen LogP contribution in [0, 0.1) is 0 Å². The van der Waals surface area contributed by atoms with Crippen molar-refractivity contribution < 1.29 is 17.9 Å². The molecular weight excluding hydrogens is 420 g/mol. The summed E-state index contributed by atoms with van der Waals surface area (Å²) < 4.78 is 33.3. The van der Waals surface area contributed by atoms with Crippen molar-refractivity contribution in [3.8, 4) is 0 Å². The quantitative estimate of drug-likeness (QED) is 0.752. The van der Waals surface area contributed by atoms with Gasteiger partial charge in [-0.15, -0.1) is 0 Å². The molecule has 1 heterocycles. The smallest absolute Gasteiger partial charge is 0.410 e. The van der Waals surface area contributed by atoms with Crippen LogP contribution in [0.15, 0.2) is 28.7 Å². The maximum atomic E-state index is 12.6. The monoisotopic (exact) mass is 446 g/mol. The molecule has 0 aromatic heterocycles. The number of sulfonamides is 1. The zero-order valence-electron chi connectivity index (χ0n) is 15.7. The third-order valence-electron chi connectivity index (χ3n) is 4.22. The van der Waals surface area contributed by atoms with Gasteiger partial charge in [0.1, 0.15) is 5.60 Å². The van der Waals surface area contributed by atoms with Gasteiger partial charge in [-0.1, -0.05) is 28.1 Å². The van der Waals surface area contributed by atoms with E-state index in [2.05, 4.69) is 20.7 Å². The number of carbonyl (C=O) groups excluding carboxylic acids is 1. The van der Waals surface area contributed by atoms with E-state index in [-0.39, 0.29) is 17.8 Å². The minimum Gasteiger partial charge on any atom is -0.444 e. The fourth-order valence-electron chi connectivity index (χ4n) is 3.01. The first-order valence-electron chi connectivity index (χ1n) is 8.75. The molecule has 146 valence electrons. The summed E-state index contributed by atoms with van der Waals surface area (Å²) in [5, 5.41) is 0. The second-order valence-corrected chi connectivity index (χ2v) is 10.4. The second kappa shape index (κ2) is 8.27. The van der Waals surface area contributed by atoms with Gasteiger partial charge in [-0.05, 0) is 58.2 Å². The van der Waals surface area contributed by atoms with E-state index in [9.17, 15) is 13.2 Å². The summed E-state index contributed by atoms with van der Waals surface area (Å²) in [6.07, 6.45) is 0.711. The van der Waals surface area contributed by atoms with Crippen molar-refractivity contribution in [3.05, 3.63) is 34.3 Å². The van der Waals surface area contributed by atoms with Crippen molar-refractivity contribution >= 4 is 32.0 Å². The summed E-state index contributed by atoms with van der Waals surface area (Å²) in [4.78, 5) is 14.3. The van der Waals surface area contributed by atoms with Crippen molar-refractivity contribution in [1.29, 1.82) is 0 Å². The highest BCUT2D eigenvalue weighted by atomic mass is 79.9. The maximum absolute atomic E-state index is 12.6. The number of hydrogen-bond acceptors (Lipinski definition) is 4. The minimum absolute atomic E-state index is 0.0134. The maximum Gasteiger partial charge on any atom is 0.410 e. The molecule has 1 amide bonds. The Labute approximate surface area is 164 Å². The molecule has 2 atom stereocenters. The Bertz CT molecular complexity index is 746. The normalized spacial score (nSPS) is 21.0. The van der Waals surface area contributed by atoms with Gasteiger partial charge in [0.25, 0.3) is 0 Å². The Hall–Kier alpha value is -1.12. The predicted molar refractivity (Wildman–Crippen MR) is 106 cm³/mol. The fraction of sp³-hybridized carbons (Fsp3) is 0.611. The molecule has 0 unspecified atom stereocenters. The van der Waals surface area contributed by atoms with Gasteiger partial charge in [-0.3, -0.25) is 0 Å². The standard InChI is InChI=1S/C18H27BrN2O4S/c1-5-26(23,24)20-15-9-10-21(17(22)25-18(2,3)4)16(15)12-13-7-6-8-14(19)11-13/h6-8,11,15-16,20H,5,9-10,12H2,1-4H3/t15-,16-/m0/s1. The molecule has 1 fully saturated rings. The van der Waals surface area contributed by atoms with Crippen molar-refractivity contribution in [1.82, 2.24) is 9.62 Å². The molecule has 1 N–H and O–H groups in total. The van der Waals surface area contributed by atoms with Crippen LogP contribution in [0.5, 0.6) is 0 Å². The number of hydrogen-bond donors (Lipinski definition) is 1. The zero-order valence-corrected chi connectivity index (χ0v) is 18.1. The Kier molecular flexibility index (Phi) is 6.74. The van der Waals surface area contributed by atoms with Gasteiger partial charge >= 0.3 is 6.09 Å². The van der Waals surface area contributed by atoms with E-state index in [0.717, 1.165) is 10.0 Å². The molecule has 6 nitrogen and oxygen atoms in total. The fourth-order valence-corrected chi connectivity index (χ4v) is 4.36. The van der Waals surface area contributed by atoms with Crippen molar-refractivity contribution in [2.45, 2.75) is 58.2 Å². The number of amides is 1. The van der Waals surface area contributed by atoms with Gasteiger partial charge in [0, 0.05) is 17.1 Å². The third kappa shape index (κ3) is 5.96. The molecule has 2 rings (SSSR count). The molecule has 1 saturated heterocycles. The highest BCUT2D eigenvalue weighted by molar-refractivity contribution is 9.10. The van der Waals surface area contributed by atoms with Crippen LogP contribution < -0.4 is 4.72 Å². The van der Waals surface area contributed by atoms with Crippen LogP contribution in [0.1, 0.15) is 39.7 Å². The lowest BCUT2D eigenvalue weighted by Crippen LogP contribution is -2.49. The molecule has 1 aromatic rings. The number of carbonyl (C=O) groups is 1. The third-order valence-corrected chi connectivity index (χ3v) is 6.13. The van der Waals surface area contributed by atoms with E-state index in [0.29, 0.717) is 19.4 Å². The topological polar surface area (TPSA) is 75.7 Å². The molecule has 26 heavy (non-hydrogen) atoms. The van der Waals surface area contributed by atoms with Crippen LogP contribution in [0.2, 0.25) is 0 Å².